The summed E-state index contributed by atoms with van der Waals surface area (Å²) in [6.45, 7) is 2.81. The number of hydrogen-bond donors (Lipinski definition) is 1. The molecule has 1 saturated carbocycles. The Hall–Kier alpha value is -0.930. The lowest BCUT2D eigenvalue weighted by Gasteiger charge is -2.12. The van der Waals surface area contributed by atoms with E-state index >= 15 is 0 Å². The van der Waals surface area contributed by atoms with Crippen molar-refractivity contribution < 1.29 is 9.53 Å². The molecule has 104 valence electrons. The number of benzene rings is 1. The van der Waals surface area contributed by atoms with Crippen LogP contribution < -0.4 is 5.32 Å². The molecule has 0 saturated heterocycles. The van der Waals surface area contributed by atoms with Crippen LogP contribution in [0.25, 0.3) is 0 Å². The van der Waals surface area contributed by atoms with E-state index in [4.69, 9.17) is 27.9 Å². The Balaban J connectivity index is 1.63. The van der Waals surface area contributed by atoms with Gasteiger partial charge in [0, 0.05) is 12.0 Å². The Morgan fingerprint density at radius 1 is 1.37 bits per heavy atom. The summed E-state index contributed by atoms with van der Waals surface area (Å²) in [6, 6.07) is 9.56. The van der Waals surface area contributed by atoms with Crippen molar-refractivity contribution >= 4 is 29.3 Å². The summed E-state index contributed by atoms with van der Waals surface area (Å²) in [4.78, 5) is 11.5. The Morgan fingerprint density at radius 2 is 2.00 bits per heavy atom. The summed E-state index contributed by atoms with van der Waals surface area (Å²) < 4.78 is 4.46. The molecule has 1 fully saturated rings. The molecule has 3 nitrogen and oxygen atoms in total. The number of carbonyl (C=O) groups excluding carboxylic acids is 1. The van der Waals surface area contributed by atoms with Crippen molar-refractivity contribution in [3.63, 3.8) is 0 Å². The molecule has 0 radical (unpaired) electrons. The summed E-state index contributed by atoms with van der Waals surface area (Å²) in [6.07, 6.45) is 1.10. The zero-order valence-corrected chi connectivity index (χ0v) is 12.3. The van der Waals surface area contributed by atoms with Gasteiger partial charge in [-0.3, -0.25) is 0 Å². The Bertz CT molecular complexity index is 450. The molecule has 19 heavy (non-hydrogen) atoms. The van der Waals surface area contributed by atoms with Crippen LogP contribution in [0.15, 0.2) is 30.3 Å². The number of alkyl carbamates (subject to hydrolysis) is 1. The number of carbonyl (C=O) groups is 1. The normalized spacial score (nSPS) is 23.7. The summed E-state index contributed by atoms with van der Waals surface area (Å²) in [5, 5.41) is 2.71. The van der Waals surface area contributed by atoms with Crippen LogP contribution in [0.1, 0.15) is 25.3 Å². The van der Waals surface area contributed by atoms with Crippen molar-refractivity contribution in [3.8, 4) is 0 Å². The van der Waals surface area contributed by atoms with Crippen LogP contribution in [0, 0.1) is 5.41 Å². The standard InChI is InChI=1S/C14H17Cl2NO2/c1-13(10-14(13,15)16)7-8-17-12(18)19-9-11-5-3-2-4-6-11/h2-6H,7-10H2,1H3,(H,17,18). The highest BCUT2D eigenvalue weighted by Gasteiger charge is 2.62. The predicted octanol–water partition coefficient (Wildman–Crippen LogP) is 3.89. The molecular weight excluding hydrogens is 285 g/mol. The fourth-order valence-electron chi connectivity index (χ4n) is 1.93. The van der Waals surface area contributed by atoms with Crippen molar-refractivity contribution in [2.75, 3.05) is 6.54 Å². The van der Waals surface area contributed by atoms with E-state index in [1.807, 2.05) is 37.3 Å². The van der Waals surface area contributed by atoms with Crippen LogP contribution in [0.2, 0.25) is 0 Å². The average molecular weight is 302 g/mol. The summed E-state index contributed by atoms with van der Waals surface area (Å²) in [5.41, 5.74) is 0.871. The van der Waals surface area contributed by atoms with Gasteiger partial charge in [0.25, 0.3) is 0 Å². The van der Waals surface area contributed by atoms with Crippen molar-refractivity contribution in [1.29, 1.82) is 0 Å². The SMILES string of the molecule is CC1(CCNC(=O)OCc2ccccc2)CC1(Cl)Cl. The van der Waals surface area contributed by atoms with Gasteiger partial charge in [-0.15, -0.1) is 23.2 Å². The first-order valence-corrected chi connectivity index (χ1v) is 7.01. The molecule has 1 atom stereocenters. The van der Waals surface area contributed by atoms with E-state index in [9.17, 15) is 4.79 Å². The van der Waals surface area contributed by atoms with E-state index < -0.39 is 10.4 Å². The number of alkyl halides is 2. The van der Waals surface area contributed by atoms with Crippen molar-refractivity contribution in [1.82, 2.24) is 5.32 Å². The second kappa shape index (κ2) is 5.59. The maximum absolute atomic E-state index is 11.5. The van der Waals surface area contributed by atoms with Gasteiger partial charge >= 0.3 is 6.09 Å². The maximum atomic E-state index is 11.5. The Labute approximate surface area is 123 Å². The molecule has 0 aliphatic heterocycles. The molecule has 1 amide bonds. The van der Waals surface area contributed by atoms with E-state index in [1.165, 1.54) is 0 Å². The van der Waals surface area contributed by atoms with E-state index in [2.05, 4.69) is 5.32 Å². The zero-order valence-electron chi connectivity index (χ0n) is 10.8. The molecule has 2 rings (SSSR count). The largest absolute Gasteiger partial charge is 0.445 e. The molecule has 1 aliphatic carbocycles. The van der Waals surface area contributed by atoms with E-state index in [-0.39, 0.29) is 12.0 Å². The number of halogens is 2. The van der Waals surface area contributed by atoms with Crippen LogP contribution in [0.5, 0.6) is 0 Å². The van der Waals surface area contributed by atoms with Crippen molar-refractivity contribution in [2.45, 2.75) is 30.7 Å². The van der Waals surface area contributed by atoms with E-state index in [0.29, 0.717) is 6.54 Å². The molecule has 0 aromatic heterocycles. The van der Waals surface area contributed by atoms with Gasteiger partial charge in [0.05, 0.1) is 0 Å². The first-order chi connectivity index (χ1) is 8.93. The van der Waals surface area contributed by atoms with Gasteiger partial charge in [-0.1, -0.05) is 37.3 Å². The van der Waals surface area contributed by atoms with E-state index in [1.54, 1.807) is 0 Å². The van der Waals surface area contributed by atoms with Crippen LogP contribution in [-0.4, -0.2) is 17.0 Å². The minimum absolute atomic E-state index is 0.0944. The number of ether oxygens (including phenoxy) is 1. The van der Waals surface area contributed by atoms with Crippen molar-refractivity contribution in [3.05, 3.63) is 35.9 Å². The molecule has 5 heteroatoms. The Morgan fingerprint density at radius 3 is 2.58 bits per heavy atom. The summed E-state index contributed by atoms with van der Waals surface area (Å²) in [5.74, 6) is 0. The number of nitrogens with one attached hydrogen (secondary N) is 1. The number of amides is 1. The molecule has 0 spiro atoms. The van der Waals surface area contributed by atoms with Gasteiger partial charge in [-0.2, -0.15) is 0 Å². The molecule has 1 N–H and O–H groups in total. The molecule has 1 aromatic carbocycles. The lowest BCUT2D eigenvalue weighted by Crippen LogP contribution is -2.27. The summed E-state index contributed by atoms with van der Waals surface area (Å²) in [7, 11) is 0. The third-order valence-corrected chi connectivity index (χ3v) is 4.71. The van der Waals surface area contributed by atoms with Gasteiger partial charge in [0.1, 0.15) is 10.9 Å². The Kier molecular flexibility index (Phi) is 4.26. The molecule has 1 aliphatic rings. The highest BCUT2D eigenvalue weighted by Crippen LogP contribution is 2.65. The predicted molar refractivity (Wildman–Crippen MR) is 76.4 cm³/mol. The third-order valence-electron chi connectivity index (χ3n) is 3.53. The fourth-order valence-corrected chi connectivity index (χ4v) is 2.71. The minimum Gasteiger partial charge on any atom is -0.445 e. The first kappa shape index (κ1) is 14.5. The van der Waals surface area contributed by atoms with E-state index in [0.717, 1.165) is 18.4 Å². The maximum Gasteiger partial charge on any atom is 0.407 e. The van der Waals surface area contributed by atoms with Crippen LogP contribution in [0.3, 0.4) is 0 Å². The molecule has 0 bridgehead atoms. The third kappa shape index (κ3) is 3.77. The quantitative estimate of drug-likeness (QED) is 0.838. The molecule has 1 aromatic rings. The van der Waals surface area contributed by atoms with Gasteiger partial charge in [-0.05, 0) is 18.4 Å². The first-order valence-electron chi connectivity index (χ1n) is 6.25. The lowest BCUT2D eigenvalue weighted by molar-refractivity contribution is 0.139. The van der Waals surface area contributed by atoms with Gasteiger partial charge < -0.3 is 10.1 Å². The van der Waals surface area contributed by atoms with Gasteiger partial charge in [-0.25, -0.2) is 4.79 Å². The number of hydrogen-bond acceptors (Lipinski definition) is 2. The highest BCUT2D eigenvalue weighted by molar-refractivity contribution is 6.51. The highest BCUT2D eigenvalue weighted by atomic mass is 35.5. The van der Waals surface area contributed by atoms with Crippen LogP contribution in [-0.2, 0) is 11.3 Å². The summed E-state index contributed by atoms with van der Waals surface area (Å²) >= 11 is 12.1. The van der Waals surface area contributed by atoms with Crippen LogP contribution in [0.4, 0.5) is 4.79 Å². The minimum atomic E-state index is -0.636. The fraction of sp³-hybridized carbons (Fsp3) is 0.500. The number of rotatable bonds is 5. The van der Waals surface area contributed by atoms with Gasteiger partial charge in [0.2, 0.25) is 0 Å². The van der Waals surface area contributed by atoms with Crippen molar-refractivity contribution in [2.24, 2.45) is 5.41 Å². The van der Waals surface area contributed by atoms with Crippen LogP contribution >= 0.6 is 23.2 Å². The molecular formula is C14H17Cl2NO2. The monoisotopic (exact) mass is 301 g/mol. The molecule has 1 unspecified atom stereocenters. The smallest absolute Gasteiger partial charge is 0.407 e. The topological polar surface area (TPSA) is 38.3 Å². The second-order valence-corrected chi connectivity index (χ2v) is 6.66. The average Bonchev–Trinajstić information content (AvgIpc) is 2.87. The lowest BCUT2D eigenvalue weighted by atomic mass is 10.1. The second-order valence-electron chi connectivity index (χ2n) is 5.18. The zero-order chi connectivity index (χ0) is 13.9. The molecule has 0 heterocycles. The van der Waals surface area contributed by atoms with Gasteiger partial charge in [0.15, 0.2) is 0 Å².